The van der Waals surface area contributed by atoms with E-state index in [0.717, 1.165) is 25.0 Å². The number of halogens is 3. The van der Waals surface area contributed by atoms with Gasteiger partial charge in [0.15, 0.2) is 0 Å². The Balaban J connectivity index is 1.80. The van der Waals surface area contributed by atoms with Crippen LogP contribution in [0.25, 0.3) is 0 Å². The maximum Gasteiger partial charge on any atom is 0.417 e. The fourth-order valence-corrected chi connectivity index (χ4v) is 3.30. The van der Waals surface area contributed by atoms with E-state index in [9.17, 15) is 23.1 Å². The quantitative estimate of drug-likeness (QED) is 0.865. The Kier molecular flexibility index (Phi) is 3.39. The maximum absolute atomic E-state index is 12.5. The van der Waals surface area contributed by atoms with Crippen LogP contribution in [0.1, 0.15) is 41.7 Å². The van der Waals surface area contributed by atoms with E-state index in [1.54, 1.807) is 4.90 Å². The van der Waals surface area contributed by atoms with Gasteiger partial charge in [0.1, 0.15) is 5.69 Å². The van der Waals surface area contributed by atoms with Crippen molar-refractivity contribution in [3.8, 4) is 0 Å². The SMILES string of the molecule is O=C(c1ccc(C(F)(F)F)cn1)N1C2CCC1CC(O)C2. The molecule has 0 spiro atoms. The van der Waals surface area contributed by atoms with Crippen molar-refractivity contribution in [3.05, 3.63) is 29.6 Å². The summed E-state index contributed by atoms with van der Waals surface area (Å²) in [4.78, 5) is 17.8. The van der Waals surface area contributed by atoms with Crippen LogP contribution in [0.15, 0.2) is 18.3 Å². The zero-order chi connectivity index (χ0) is 15.2. The van der Waals surface area contributed by atoms with Gasteiger partial charge in [-0.25, -0.2) is 0 Å². The largest absolute Gasteiger partial charge is 0.417 e. The van der Waals surface area contributed by atoms with E-state index in [1.807, 2.05) is 0 Å². The van der Waals surface area contributed by atoms with E-state index in [2.05, 4.69) is 4.98 Å². The maximum atomic E-state index is 12.5. The molecule has 2 atom stereocenters. The Hall–Kier alpha value is -1.63. The summed E-state index contributed by atoms with van der Waals surface area (Å²) in [5.74, 6) is -0.344. The number of hydrogen-bond acceptors (Lipinski definition) is 3. The average Bonchev–Trinajstić information content (AvgIpc) is 2.69. The molecular formula is C14H15F3N2O2. The van der Waals surface area contributed by atoms with Crippen LogP contribution in [0, 0.1) is 0 Å². The zero-order valence-corrected chi connectivity index (χ0v) is 11.2. The summed E-state index contributed by atoms with van der Waals surface area (Å²) in [5, 5.41) is 9.71. The predicted molar refractivity (Wildman–Crippen MR) is 67.5 cm³/mol. The van der Waals surface area contributed by atoms with Gasteiger partial charge in [0.25, 0.3) is 5.91 Å². The van der Waals surface area contributed by atoms with Crippen LogP contribution in [0.5, 0.6) is 0 Å². The topological polar surface area (TPSA) is 53.4 Å². The molecule has 0 aliphatic carbocycles. The smallest absolute Gasteiger partial charge is 0.393 e. The minimum absolute atomic E-state index is 0.0243. The molecule has 0 radical (unpaired) electrons. The number of piperidine rings is 1. The Morgan fingerprint density at radius 1 is 1.24 bits per heavy atom. The number of amides is 1. The molecule has 2 aliphatic heterocycles. The zero-order valence-electron chi connectivity index (χ0n) is 11.2. The summed E-state index contributed by atoms with van der Waals surface area (Å²) < 4.78 is 37.5. The lowest BCUT2D eigenvalue weighted by atomic mass is 9.99. The van der Waals surface area contributed by atoms with E-state index in [-0.39, 0.29) is 23.7 Å². The van der Waals surface area contributed by atoms with Gasteiger partial charge in [-0.05, 0) is 37.8 Å². The first-order valence-corrected chi connectivity index (χ1v) is 6.90. The first-order chi connectivity index (χ1) is 9.86. The summed E-state index contributed by atoms with van der Waals surface area (Å²) >= 11 is 0. The highest BCUT2D eigenvalue weighted by atomic mass is 19.4. The first-order valence-electron chi connectivity index (χ1n) is 6.90. The second-order valence-electron chi connectivity index (χ2n) is 5.65. The van der Waals surface area contributed by atoms with Crippen molar-refractivity contribution in [2.24, 2.45) is 0 Å². The molecule has 2 aliphatic rings. The number of carbonyl (C=O) groups is 1. The third-order valence-corrected chi connectivity index (χ3v) is 4.25. The van der Waals surface area contributed by atoms with Crippen molar-refractivity contribution in [2.45, 2.75) is 50.0 Å². The lowest BCUT2D eigenvalue weighted by Crippen LogP contribution is -2.48. The third-order valence-electron chi connectivity index (χ3n) is 4.25. The number of pyridine rings is 1. The van der Waals surface area contributed by atoms with Crippen molar-refractivity contribution < 1.29 is 23.1 Å². The Labute approximate surface area is 119 Å². The molecule has 1 amide bonds. The molecule has 4 nitrogen and oxygen atoms in total. The molecule has 21 heavy (non-hydrogen) atoms. The van der Waals surface area contributed by atoms with E-state index in [0.29, 0.717) is 19.0 Å². The number of alkyl halides is 3. The van der Waals surface area contributed by atoms with E-state index < -0.39 is 17.8 Å². The van der Waals surface area contributed by atoms with Crippen LogP contribution in [0.4, 0.5) is 13.2 Å². The minimum Gasteiger partial charge on any atom is -0.393 e. The predicted octanol–water partition coefficient (Wildman–Crippen LogP) is 2.23. The van der Waals surface area contributed by atoms with Gasteiger partial charge in [0.2, 0.25) is 0 Å². The van der Waals surface area contributed by atoms with Crippen LogP contribution in [-0.4, -0.2) is 39.1 Å². The van der Waals surface area contributed by atoms with E-state index in [4.69, 9.17) is 0 Å². The Bertz CT molecular complexity index is 530. The molecule has 114 valence electrons. The van der Waals surface area contributed by atoms with Crippen molar-refractivity contribution >= 4 is 5.91 Å². The number of carbonyl (C=O) groups excluding carboxylic acids is 1. The molecular weight excluding hydrogens is 285 g/mol. The standard InChI is InChI=1S/C14H15F3N2O2/c15-14(16,17)8-1-4-12(18-7-8)13(21)19-9-2-3-10(19)6-11(20)5-9/h1,4,7,9-11,20H,2-3,5-6H2. The molecule has 0 aromatic carbocycles. The number of aliphatic hydroxyl groups is 1. The second-order valence-corrected chi connectivity index (χ2v) is 5.65. The molecule has 2 fully saturated rings. The van der Waals surface area contributed by atoms with Crippen molar-refractivity contribution in [2.75, 3.05) is 0 Å². The molecule has 2 unspecified atom stereocenters. The van der Waals surface area contributed by atoms with Gasteiger partial charge in [-0.1, -0.05) is 0 Å². The molecule has 3 rings (SSSR count). The minimum atomic E-state index is -4.46. The molecule has 1 N–H and O–H groups in total. The number of aliphatic hydroxyl groups excluding tert-OH is 1. The number of nitrogens with zero attached hydrogens (tertiary/aromatic N) is 2. The average molecular weight is 300 g/mol. The van der Waals surface area contributed by atoms with E-state index in [1.165, 1.54) is 0 Å². The number of hydrogen-bond donors (Lipinski definition) is 1. The van der Waals surface area contributed by atoms with Gasteiger partial charge in [0, 0.05) is 18.3 Å². The van der Waals surface area contributed by atoms with Gasteiger partial charge in [-0.2, -0.15) is 13.2 Å². The van der Waals surface area contributed by atoms with Gasteiger partial charge in [0.05, 0.1) is 11.7 Å². The summed E-state index contributed by atoms with van der Waals surface area (Å²) in [5.41, 5.74) is -0.840. The normalized spacial score (nSPS) is 28.8. The summed E-state index contributed by atoms with van der Waals surface area (Å²) in [6.45, 7) is 0. The van der Waals surface area contributed by atoms with Crippen molar-refractivity contribution in [1.29, 1.82) is 0 Å². The van der Waals surface area contributed by atoms with Crippen molar-refractivity contribution in [1.82, 2.24) is 9.88 Å². The van der Waals surface area contributed by atoms with E-state index >= 15 is 0 Å². The molecule has 2 bridgehead atoms. The highest BCUT2D eigenvalue weighted by Crippen LogP contribution is 2.36. The van der Waals surface area contributed by atoms with Crippen LogP contribution in [0.3, 0.4) is 0 Å². The summed E-state index contributed by atoms with van der Waals surface area (Å²) in [7, 11) is 0. The molecule has 2 saturated heterocycles. The van der Waals surface area contributed by atoms with Crippen LogP contribution < -0.4 is 0 Å². The summed E-state index contributed by atoms with van der Waals surface area (Å²) in [6, 6.07) is 1.93. The van der Waals surface area contributed by atoms with Gasteiger partial charge >= 0.3 is 6.18 Å². The van der Waals surface area contributed by atoms with Crippen LogP contribution in [-0.2, 0) is 6.18 Å². The summed E-state index contributed by atoms with van der Waals surface area (Å²) in [6.07, 6.45) is -1.45. The van der Waals surface area contributed by atoms with Crippen LogP contribution in [0.2, 0.25) is 0 Å². The molecule has 3 heterocycles. The first kappa shape index (κ1) is 14.3. The van der Waals surface area contributed by atoms with Crippen molar-refractivity contribution in [3.63, 3.8) is 0 Å². The molecule has 1 aromatic rings. The Morgan fingerprint density at radius 3 is 2.33 bits per heavy atom. The monoisotopic (exact) mass is 300 g/mol. The number of fused-ring (bicyclic) bond motifs is 2. The lowest BCUT2D eigenvalue weighted by Gasteiger charge is -2.37. The van der Waals surface area contributed by atoms with Crippen LogP contribution >= 0.6 is 0 Å². The number of rotatable bonds is 1. The number of aromatic nitrogens is 1. The highest BCUT2D eigenvalue weighted by molar-refractivity contribution is 5.93. The lowest BCUT2D eigenvalue weighted by molar-refractivity contribution is -0.137. The second kappa shape index (κ2) is 4.98. The van der Waals surface area contributed by atoms with Gasteiger partial charge < -0.3 is 10.0 Å². The Morgan fingerprint density at radius 2 is 1.86 bits per heavy atom. The molecule has 7 heteroatoms. The van der Waals surface area contributed by atoms with Gasteiger partial charge in [-0.15, -0.1) is 0 Å². The molecule has 0 saturated carbocycles. The molecule has 1 aromatic heterocycles. The fraction of sp³-hybridized carbons (Fsp3) is 0.571. The van der Waals surface area contributed by atoms with Gasteiger partial charge in [-0.3, -0.25) is 9.78 Å². The highest BCUT2D eigenvalue weighted by Gasteiger charge is 2.43. The fourth-order valence-electron chi connectivity index (χ4n) is 3.30. The third kappa shape index (κ3) is 2.62.